The molecule has 1 atom stereocenters. The van der Waals surface area contributed by atoms with Gasteiger partial charge in [0, 0.05) is 6.04 Å². The molecule has 1 N–H and O–H groups in total. The maximum atomic E-state index is 5.91. The molecule has 2 rings (SSSR count). The second-order valence-electron chi connectivity index (χ2n) is 5.85. The molecule has 112 valence electrons. The molecule has 0 radical (unpaired) electrons. The molecule has 0 aromatic heterocycles. The Morgan fingerprint density at radius 3 is 2.75 bits per heavy atom. The Morgan fingerprint density at radius 1 is 1.20 bits per heavy atom. The van der Waals surface area contributed by atoms with Crippen LogP contribution in [0, 0.1) is 0 Å². The van der Waals surface area contributed by atoms with Crippen molar-refractivity contribution in [3.05, 3.63) is 29.8 Å². The van der Waals surface area contributed by atoms with Crippen molar-refractivity contribution in [1.29, 1.82) is 0 Å². The van der Waals surface area contributed by atoms with Crippen LogP contribution in [0.25, 0.3) is 0 Å². The van der Waals surface area contributed by atoms with Crippen molar-refractivity contribution in [1.82, 2.24) is 5.32 Å². The Kier molecular flexibility index (Phi) is 6.38. The zero-order valence-corrected chi connectivity index (χ0v) is 13.0. The van der Waals surface area contributed by atoms with Crippen molar-refractivity contribution in [3.8, 4) is 5.75 Å². The summed E-state index contributed by atoms with van der Waals surface area (Å²) in [6, 6.07) is 9.14. The number of nitrogens with one attached hydrogen (secondary N) is 1. The number of ether oxygens (including phenoxy) is 1. The molecule has 2 nitrogen and oxygen atoms in total. The highest BCUT2D eigenvalue weighted by Gasteiger charge is 2.23. The van der Waals surface area contributed by atoms with Gasteiger partial charge in [0.2, 0.25) is 0 Å². The van der Waals surface area contributed by atoms with E-state index in [1.807, 2.05) is 0 Å². The zero-order chi connectivity index (χ0) is 14.2. The van der Waals surface area contributed by atoms with E-state index in [2.05, 4.69) is 43.4 Å². The van der Waals surface area contributed by atoms with Gasteiger partial charge in [-0.15, -0.1) is 0 Å². The van der Waals surface area contributed by atoms with E-state index in [1.165, 1.54) is 50.5 Å². The fraction of sp³-hybridized carbons (Fsp3) is 0.667. The normalized spacial score (nSPS) is 16.1. The zero-order valence-electron chi connectivity index (χ0n) is 13.0. The molecule has 0 heterocycles. The highest BCUT2D eigenvalue weighted by Crippen LogP contribution is 2.29. The van der Waals surface area contributed by atoms with Gasteiger partial charge >= 0.3 is 0 Å². The molecule has 0 saturated heterocycles. The van der Waals surface area contributed by atoms with Gasteiger partial charge in [0.05, 0.1) is 6.10 Å². The van der Waals surface area contributed by atoms with E-state index >= 15 is 0 Å². The first-order valence-electron chi connectivity index (χ1n) is 8.33. The molecule has 1 aliphatic rings. The summed E-state index contributed by atoms with van der Waals surface area (Å²) in [6.07, 6.45) is 9.44. The SMILES string of the molecule is CCCCCCC(NCC)c1cccc(OC2CC2)c1. The summed E-state index contributed by atoms with van der Waals surface area (Å²) in [5.74, 6) is 1.04. The number of unbranched alkanes of at least 4 members (excludes halogenated alkanes) is 3. The van der Waals surface area contributed by atoms with Gasteiger partial charge in [0.15, 0.2) is 0 Å². The summed E-state index contributed by atoms with van der Waals surface area (Å²) in [6.45, 7) is 5.47. The lowest BCUT2D eigenvalue weighted by Crippen LogP contribution is -2.20. The first-order valence-corrected chi connectivity index (χ1v) is 8.33. The molecule has 1 aromatic carbocycles. The van der Waals surface area contributed by atoms with Crippen molar-refractivity contribution in [2.75, 3.05) is 6.54 Å². The van der Waals surface area contributed by atoms with Crippen LogP contribution in [0.2, 0.25) is 0 Å². The Morgan fingerprint density at radius 2 is 2.05 bits per heavy atom. The standard InChI is InChI=1S/C18H29NO/c1-3-5-6-7-11-18(19-4-2)15-9-8-10-17(14-15)20-16-12-13-16/h8-10,14,16,18-19H,3-7,11-13H2,1-2H3. The van der Waals surface area contributed by atoms with Crippen LogP contribution in [0.4, 0.5) is 0 Å². The Hall–Kier alpha value is -1.02. The van der Waals surface area contributed by atoms with Crippen LogP contribution in [-0.2, 0) is 0 Å². The van der Waals surface area contributed by atoms with Gasteiger partial charge in [-0.1, -0.05) is 51.7 Å². The molecule has 0 bridgehead atoms. The van der Waals surface area contributed by atoms with Crippen LogP contribution in [0.5, 0.6) is 5.75 Å². The number of benzene rings is 1. The van der Waals surface area contributed by atoms with Gasteiger partial charge in [-0.2, -0.15) is 0 Å². The molecular formula is C18H29NO. The second kappa shape index (κ2) is 8.31. The van der Waals surface area contributed by atoms with Gasteiger partial charge in [0.25, 0.3) is 0 Å². The molecule has 0 amide bonds. The summed E-state index contributed by atoms with van der Waals surface area (Å²) in [5, 5.41) is 3.62. The fourth-order valence-electron chi connectivity index (χ4n) is 2.59. The van der Waals surface area contributed by atoms with Gasteiger partial charge in [-0.05, 0) is 43.5 Å². The van der Waals surface area contributed by atoms with Crippen molar-refractivity contribution in [3.63, 3.8) is 0 Å². The lowest BCUT2D eigenvalue weighted by molar-refractivity contribution is 0.302. The molecule has 0 aliphatic heterocycles. The number of hydrogen-bond donors (Lipinski definition) is 1. The molecule has 20 heavy (non-hydrogen) atoms. The first-order chi connectivity index (χ1) is 9.83. The van der Waals surface area contributed by atoms with Crippen molar-refractivity contribution in [2.24, 2.45) is 0 Å². The average molecular weight is 275 g/mol. The minimum Gasteiger partial charge on any atom is -0.490 e. The number of rotatable bonds is 10. The monoisotopic (exact) mass is 275 g/mol. The minimum atomic E-state index is 0.472. The van der Waals surface area contributed by atoms with Crippen LogP contribution in [0.15, 0.2) is 24.3 Å². The van der Waals surface area contributed by atoms with Crippen LogP contribution >= 0.6 is 0 Å². The van der Waals surface area contributed by atoms with Gasteiger partial charge in [-0.25, -0.2) is 0 Å². The predicted molar refractivity (Wildman–Crippen MR) is 85.3 cm³/mol. The lowest BCUT2D eigenvalue weighted by atomic mass is 9.99. The Balaban J connectivity index is 1.92. The molecule has 0 spiro atoms. The van der Waals surface area contributed by atoms with Crippen LogP contribution in [0.3, 0.4) is 0 Å². The third-order valence-electron chi connectivity index (χ3n) is 3.88. The van der Waals surface area contributed by atoms with Crippen molar-refractivity contribution >= 4 is 0 Å². The van der Waals surface area contributed by atoms with Crippen molar-refractivity contribution in [2.45, 2.75) is 70.9 Å². The maximum Gasteiger partial charge on any atom is 0.120 e. The van der Waals surface area contributed by atoms with E-state index in [9.17, 15) is 0 Å². The average Bonchev–Trinajstić information content (AvgIpc) is 3.26. The number of hydrogen-bond acceptors (Lipinski definition) is 2. The third kappa shape index (κ3) is 5.16. The molecule has 1 aliphatic carbocycles. The molecule has 2 heteroatoms. The topological polar surface area (TPSA) is 21.3 Å². The summed E-state index contributed by atoms with van der Waals surface area (Å²) in [4.78, 5) is 0. The smallest absolute Gasteiger partial charge is 0.120 e. The van der Waals surface area contributed by atoms with E-state index in [-0.39, 0.29) is 0 Å². The van der Waals surface area contributed by atoms with Crippen LogP contribution < -0.4 is 10.1 Å². The van der Waals surface area contributed by atoms with Gasteiger partial charge in [-0.3, -0.25) is 0 Å². The van der Waals surface area contributed by atoms with E-state index in [4.69, 9.17) is 4.74 Å². The van der Waals surface area contributed by atoms with E-state index < -0.39 is 0 Å². The lowest BCUT2D eigenvalue weighted by Gasteiger charge is -2.19. The fourth-order valence-corrected chi connectivity index (χ4v) is 2.59. The summed E-state index contributed by atoms with van der Waals surface area (Å²) >= 11 is 0. The Bertz CT molecular complexity index is 387. The highest BCUT2D eigenvalue weighted by molar-refractivity contribution is 5.31. The molecular weight excluding hydrogens is 246 g/mol. The minimum absolute atomic E-state index is 0.472. The van der Waals surface area contributed by atoms with Gasteiger partial charge < -0.3 is 10.1 Å². The summed E-state index contributed by atoms with van der Waals surface area (Å²) < 4.78 is 5.91. The van der Waals surface area contributed by atoms with E-state index in [0.717, 1.165) is 12.3 Å². The van der Waals surface area contributed by atoms with Crippen LogP contribution in [0.1, 0.15) is 70.4 Å². The van der Waals surface area contributed by atoms with Crippen molar-refractivity contribution < 1.29 is 4.74 Å². The first kappa shape index (κ1) is 15.4. The Labute approximate surface area is 123 Å². The summed E-state index contributed by atoms with van der Waals surface area (Å²) in [7, 11) is 0. The van der Waals surface area contributed by atoms with Crippen LogP contribution in [-0.4, -0.2) is 12.6 Å². The maximum absolute atomic E-state index is 5.91. The quantitative estimate of drug-likeness (QED) is 0.616. The van der Waals surface area contributed by atoms with Gasteiger partial charge in [0.1, 0.15) is 5.75 Å². The molecule has 1 unspecified atom stereocenters. The second-order valence-corrected chi connectivity index (χ2v) is 5.85. The molecule has 1 aromatic rings. The molecule has 1 fully saturated rings. The highest BCUT2D eigenvalue weighted by atomic mass is 16.5. The molecule has 1 saturated carbocycles. The van der Waals surface area contributed by atoms with E-state index in [1.54, 1.807) is 0 Å². The largest absolute Gasteiger partial charge is 0.490 e. The predicted octanol–water partition coefficient (Wildman–Crippen LogP) is 4.85. The third-order valence-corrected chi connectivity index (χ3v) is 3.88. The summed E-state index contributed by atoms with van der Waals surface area (Å²) in [5.41, 5.74) is 1.38. The van der Waals surface area contributed by atoms with E-state index in [0.29, 0.717) is 12.1 Å².